The zero-order valence-electron chi connectivity index (χ0n) is 8.85. The van der Waals surface area contributed by atoms with Crippen molar-refractivity contribution >= 4 is 6.21 Å². The number of hydrogen-bond donors (Lipinski definition) is 0. The zero-order chi connectivity index (χ0) is 11.3. The molecule has 0 N–H and O–H groups in total. The van der Waals surface area contributed by atoms with E-state index in [1.165, 1.54) is 0 Å². The van der Waals surface area contributed by atoms with Gasteiger partial charge < -0.3 is 0 Å². The Kier molecular flexibility index (Phi) is 6.83. The molecule has 1 aliphatic heterocycles. The van der Waals surface area contributed by atoms with Crippen LogP contribution in [0.2, 0.25) is 0 Å². The van der Waals surface area contributed by atoms with Crippen molar-refractivity contribution in [1.82, 2.24) is 0 Å². The van der Waals surface area contributed by atoms with Gasteiger partial charge in [0.05, 0.1) is 12.4 Å². The first-order valence-electron chi connectivity index (χ1n) is 4.92. The molecule has 0 amide bonds. The van der Waals surface area contributed by atoms with Gasteiger partial charge in [-0.2, -0.15) is 0 Å². The zero-order valence-corrected chi connectivity index (χ0v) is 8.85. The molecule has 0 spiro atoms. The van der Waals surface area contributed by atoms with E-state index in [0.717, 1.165) is 0 Å². The van der Waals surface area contributed by atoms with Crippen LogP contribution in [0.4, 0.5) is 0 Å². The summed E-state index contributed by atoms with van der Waals surface area (Å²) in [5.74, 6) is 0. The summed E-state index contributed by atoms with van der Waals surface area (Å²) in [6, 6.07) is 0. The van der Waals surface area contributed by atoms with Crippen molar-refractivity contribution in [2.45, 2.75) is 0 Å². The highest BCUT2D eigenvalue weighted by atomic mass is 15.3. The second-order valence-electron chi connectivity index (χ2n) is 2.74. The SMILES string of the molecule is C1=C\C=C/C=N\N=N\C=C/C=C/C=C\C=C/1. The fraction of sp³-hybridized carbons (Fsp3) is 0. The highest BCUT2D eigenvalue weighted by Gasteiger charge is 1.67. The molecule has 0 unspecified atom stereocenters. The molecule has 1 rings (SSSR count). The van der Waals surface area contributed by atoms with Gasteiger partial charge in [0.25, 0.3) is 0 Å². The standard InChI is InChI=1S/C13H13N3/c1-2-4-6-8-10-12-14-16-15-13-11-9-7-5-3-1/h1-13H/b2-1-,3-1?,4-2?,5-3-,6-4-,7-5?,8-6?,9-7+,10-8-,11-9?,12-10?,13-11-,14-12-,15-13?,16-14?,16-15+. The molecule has 0 saturated carbocycles. The van der Waals surface area contributed by atoms with Crippen LogP contribution in [0.25, 0.3) is 0 Å². The van der Waals surface area contributed by atoms with E-state index in [0.29, 0.717) is 0 Å². The number of allylic oxidation sites excluding steroid dienone is 11. The Bertz CT molecular complexity index is 253. The van der Waals surface area contributed by atoms with Crippen LogP contribution in [0.15, 0.2) is 88.5 Å². The van der Waals surface area contributed by atoms with Gasteiger partial charge in [0.2, 0.25) is 0 Å². The molecule has 0 fully saturated rings. The van der Waals surface area contributed by atoms with Crippen molar-refractivity contribution in [2.24, 2.45) is 15.4 Å². The molecule has 0 aliphatic carbocycles. The molecule has 1 aliphatic rings. The number of rotatable bonds is 0. The molecule has 80 valence electrons. The van der Waals surface area contributed by atoms with Gasteiger partial charge in [-0.05, 0) is 17.4 Å². The first-order chi connectivity index (χ1) is 8.00. The molecule has 3 heteroatoms. The molecule has 0 aromatic carbocycles. The van der Waals surface area contributed by atoms with Crippen molar-refractivity contribution in [3.05, 3.63) is 73.0 Å². The van der Waals surface area contributed by atoms with Crippen molar-refractivity contribution in [2.75, 3.05) is 0 Å². The third-order valence-electron chi connectivity index (χ3n) is 1.52. The smallest absolute Gasteiger partial charge is 0.0513 e. The summed E-state index contributed by atoms with van der Waals surface area (Å²) in [5.41, 5.74) is 0. The van der Waals surface area contributed by atoms with Gasteiger partial charge in [-0.3, -0.25) is 0 Å². The lowest BCUT2D eigenvalue weighted by molar-refractivity contribution is 1.06. The van der Waals surface area contributed by atoms with E-state index < -0.39 is 0 Å². The predicted octanol–water partition coefficient (Wildman–Crippen LogP) is 3.73. The van der Waals surface area contributed by atoms with E-state index >= 15 is 0 Å². The average Bonchev–Trinajstić information content (AvgIpc) is 2.29. The van der Waals surface area contributed by atoms with Gasteiger partial charge in [-0.15, -0.1) is 10.2 Å². The fourth-order valence-corrected chi connectivity index (χ4v) is 0.843. The summed E-state index contributed by atoms with van der Waals surface area (Å²) >= 11 is 0. The van der Waals surface area contributed by atoms with Crippen LogP contribution in [0.3, 0.4) is 0 Å². The monoisotopic (exact) mass is 211 g/mol. The molecule has 16 heavy (non-hydrogen) atoms. The number of nitrogens with zero attached hydrogens (tertiary/aromatic N) is 3. The molecule has 0 saturated heterocycles. The van der Waals surface area contributed by atoms with Crippen LogP contribution in [0, 0.1) is 0 Å². The Labute approximate surface area is 95.3 Å². The van der Waals surface area contributed by atoms with Crippen LogP contribution in [0.1, 0.15) is 0 Å². The minimum Gasteiger partial charge on any atom is -0.139 e. The summed E-state index contributed by atoms with van der Waals surface area (Å²) in [4.78, 5) is 0. The van der Waals surface area contributed by atoms with E-state index in [1.807, 2.05) is 54.7 Å². The molecule has 0 aromatic rings. The lowest BCUT2D eigenvalue weighted by atomic mass is 10.3. The van der Waals surface area contributed by atoms with E-state index in [4.69, 9.17) is 0 Å². The lowest BCUT2D eigenvalue weighted by Gasteiger charge is -1.76. The molecule has 3 nitrogen and oxygen atoms in total. The molecule has 0 radical (unpaired) electrons. The molecule has 1 heterocycles. The Morgan fingerprint density at radius 1 is 0.500 bits per heavy atom. The second kappa shape index (κ2) is 9.27. The first kappa shape index (κ1) is 11.8. The summed E-state index contributed by atoms with van der Waals surface area (Å²) < 4.78 is 0. The van der Waals surface area contributed by atoms with Gasteiger partial charge in [-0.1, -0.05) is 54.7 Å². The third kappa shape index (κ3) is 7.15. The Hall–Kier alpha value is -2.29. The summed E-state index contributed by atoms with van der Waals surface area (Å²) in [7, 11) is 0. The van der Waals surface area contributed by atoms with Gasteiger partial charge >= 0.3 is 0 Å². The van der Waals surface area contributed by atoms with Crippen molar-refractivity contribution in [3.8, 4) is 0 Å². The van der Waals surface area contributed by atoms with Crippen LogP contribution in [-0.4, -0.2) is 6.21 Å². The highest BCUT2D eigenvalue weighted by Crippen LogP contribution is 1.86. The van der Waals surface area contributed by atoms with Gasteiger partial charge in [0.15, 0.2) is 0 Å². The average molecular weight is 211 g/mol. The summed E-state index contributed by atoms with van der Waals surface area (Å²) in [6.07, 6.45) is 24.0. The largest absolute Gasteiger partial charge is 0.139 e. The van der Waals surface area contributed by atoms with Gasteiger partial charge in [0.1, 0.15) is 0 Å². The lowest BCUT2D eigenvalue weighted by Crippen LogP contribution is -1.60. The van der Waals surface area contributed by atoms with E-state index in [-0.39, 0.29) is 0 Å². The minimum atomic E-state index is 1.58. The van der Waals surface area contributed by atoms with Gasteiger partial charge in [-0.25, -0.2) is 0 Å². The molecular formula is C13H13N3. The first-order valence-corrected chi connectivity index (χ1v) is 4.92. The van der Waals surface area contributed by atoms with Crippen LogP contribution in [0.5, 0.6) is 0 Å². The summed E-state index contributed by atoms with van der Waals surface area (Å²) in [6.45, 7) is 0. The quantitative estimate of drug-likeness (QED) is 0.585. The minimum absolute atomic E-state index is 1.58. The maximum absolute atomic E-state index is 3.71. The topological polar surface area (TPSA) is 37.1 Å². The van der Waals surface area contributed by atoms with Crippen molar-refractivity contribution in [3.63, 3.8) is 0 Å². The molecule has 0 aromatic heterocycles. The van der Waals surface area contributed by atoms with Crippen LogP contribution >= 0.6 is 0 Å². The van der Waals surface area contributed by atoms with E-state index in [1.54, 1.807) is 24.6 Å². The van der Waals surface area contributed by atoms with Gasteiger partial charge in [0, 0.05) is 0 Å². The maximum atomic E-state index is 3.71. The maximum Gasteiger partial charge on any atom is 0.0513 e. The Morgan fingerprint density at radius 3 is 1.62 bits per heavy atom. The second-order valence-corrected chi connectivity index (χ2v) is 2.74. The van der Waals surface area contributed by atoms with E-state index in [2.05, 4.69) is 15.4 Å². The molecule has 0 atom stereocenters. The summed E-state index contributed by atoms with van der Waals surface area (Å²) in [5, 5.41) is 11.0. The van der Waals surface area contributed by atoms with Crippen LogP contribution in [-0.2, 0) is 0 Å². The Balaban J connectivity index is 2.67. The number of hydrogen-bond acceptors (Lipinski definition) is 3. The normalized spacial score (nSPS) is 32.0. The van der Waals surface area contributed by atoms with E-state index in [9.17, 15) is 0 Å². The molecular weight excluding hydrogens is 198 g/mol. The van der Waals surface area contributed by atoms with Crippen molar-refractivity contribution in [1.29, 1.82) is 0 Å². The molecule has 0 bridgehead atoms. The van der Waals surface area contributed by atoms with Crippen LogP contribution < -0.4 is 0 Å². The Morgan fingerprint density at radius 2 is 1.00 bits per heavy atom. The predicted molar refractivity (Wildman–Crippen MR) is 68.2 cm³/mol. The fourth-order valence-electron chi connectivity index (χ4n) is 0.843. The highest BCUT2D eigenvalue weighted by molar-refractivity contribution is 5.71. The van der Waals surface area contributed by atoms with Crippen molar-refractivity contribution < 1.29 is 0 Å². The third-order valence-corrected chi connectivity index (χ3v) is 1.52.